The van der Waals surface area contributed by atoms with Crippen LogP contribution < -0.4 is 0 Å². The van der Waals surface area contributed by atoms with Crippen LogP contribution in [0.2, 0.25) is 0 Å². The van der Waals surface area contributed by atoms with Crippen molar-refractivity contribution in [1.82, 2.24) is 19.8 Å². The second kappa shape index (κ2) is 5.88. The number of nitrogens with zero attached hydrogens (tertiary/aromatic N) is 4. The molecule has 0 amide bonds. The molecule has 3 rings (SSSR count). The zero-order valence-electron chi connectivity index (χ0n) is 11.5. The largest absolute Gasteiger partial charge is 0.416 e. The summed E-state index contributed by atoms with van der Waals surface area (Å²) >= 11 is 2.91. The summed E-state index contributed by atoms with van der Waals surface area (Å²) < 4.78 is 40.0. The second-order valence-electron chi connectivity index (χ2n) is 4.43. The summed E-state index contributed by atoms with van der Waals surface area (Å²) in [7, 11) is 0. The smallest absolute Gasteiger partial charge is 0.186 e. The summed E-state index contributed by atoms with van der Waals surface area (Å²) in [5.74, 6) is 2.32. The van der Waals surface area contributed by atoms with Crippen molar-refractivity contribution in [3.8, 4) is 10.6 Å². The van der Waals surface area contributed by atoms with Gasteiger partial charge in [-0.2, -0.15) is 34.5 Å². The summed E-state index contributed by atoms with van der Waals surface area (Å²) in [6, 6.07) is 5.15. The third-order valence-corrected chi connectivity index (χ3v) is 4.75. The SMILES string of the molecule is CCSCc1nnc2sc(-c3cccc(C(F)(F)F)c3)nn12. The van der Waals surface area contributed by atoms with E-state index in [0.717, 1.165) is 17.9 Å². The first-order valence-electron chi connectivity index (χ1n) is 6.45. The first-order chi connectivity index (χ1) is 10.5. The van der Waals surface area contributed by atoms with Gasteiger partial charge in [-0.3, -0.25) is 0 Å². The molecule has 116 valence electrons. The fourth-order valence-electron chi connectivity index (χ4n) is 1.89. The zero-order chi connectivity index (χ0) is 15.7. The first kappa shape index (κ1) is 15.3. The van der Waals surface area contributed by atoms with E-state index in [2.05, 4.69) is 15.3 Å². The molecule has 0 spiro atoms. The summed E-state index contributed by atoms with van der Waals surface area (Å²) in [5, 5.41) is 12.9. The lowest BCUT2D eigenvalue weighted by Crippen LogP contribution is -2.04. The van der Waals surface area contributed by atoms with E-state index in [0.29, 0.717) is 27.1 Å². The predicted octanol–water partition coefficient (Wildman–Crippen LogP) is 4.12. The molecule has 0 radical (unpaired) electrons. The molecule has 0 aliphatic heterocycles. The van der Waals surface area contributed by atoms with E-state index in [-0.39, 0.29) is 0 Å². The molecule has 0 fully saturated rings. The minimum absolute atomic E-state index is 0.430. The van der Waals surface area contributed by atoms with Gasteiger partial charge in [-0.25, -0.2) is 0 Å². The maximum absolute atomic E-state index is 12.8. The molecule has 0 aliphatic carbocycles. The van der Waals surface area contributed by atoms with Crippen LogP contribution in [0, 0.1) is 0 Å². The Balaban J connectivity index is 1.98. The Bertz CT molecular complexity index is 794. The van der Waals surface area contributed by atoms with Gasteiger partial charge in [0.1, 0.15) is 5.01 Å². The molecule has 0 aliphatic rings. The number of benzene rings is 1. The number of hydrogen-bond acceptors (Lipinski definition) is 5. The Morgan fingerprint density at radius 3 is 2.82 bits per heavy atom. The third kappa shape index (κ3) is 2.95. The predicted molar refractivity (Wildman–Crippen MR) is 80.9 cm³/mol. The van der Waals surface area contributed by atoms with Crippen LogP contribution >= 0.6 is 23.1 Å². The van der Waals surface area contributed by atoms with E-state index in [9.17, 15) is 13.2 Å². The van der Waals surface area contributed by atoms with Gasteiger partial charge in [-0.15, -0.1) is 10.2 Å². The summed E-state index contributed by atoms with van der Waals surface area (Å²) in [4.78, 5) is 0.583. The lowest BCUT2D eigenvalue weighted by molar-refractivity contribution is -0.137. The van der Waals surface area contributed by atoms with E-state index in [4.69, 9.17) is 0 Å². The average Bonchev–Trinajstić information content (AvgIpc) is 3.05. The lowest BCUT2D eigenvalue weighted by atomic mass is 10.1. The standard InChI is InChI=1S/C13H11F3N4S2/c1-2-21-7-10-17-18-12-20(10)19-11(22-12)8-4-3-5-9(6-8)13(14,15)16/h3-6H,2,7H2,1H3. The topological polar surface area (TPSA) is 43.1 Å². The first-order valence-corrected chi connectivity index (χ1v) is 8.42. The van der Waals surface area contributed by atoms with Gasteiger partial charge in [0.15, 0.2) is 5.82 Å². The van der Waals surface area contributed by atoms with E-state index in [1.54, 1.807) is 22.3 Å². The molecule has 0 atom stereocenters. The molecule has 0 N–H and O–H groups in total. The highest BCUT2D eigenvalue weighted by molar-refractivity contribution is 7.98. The van der Waals surface area contributed by atoms with Crippen molar-refractivity contribution in [3.63, 3.8) is 0 Å². The summed E-state index contributed by atoms with van der Waals surface area (Å²) in [6.45, 7) is 2.04. The van der Waals surface area contributed by atoms with Gasteiger partial charge < -0.3 is 0 Å². The Morgan fingerprint density at radius 2 is 2.09 bits per heavy atom. The van der Waals surface area contributed by atoms with Gasteiger partial charge in [0.05, 0.1) is 11.3 Å². The van der Waals surface area contributed by atoms with Crippen LogP contribution in [0.4, 0.5) is 13.2 Å². The Hall–Kier alpha value is -1.61. The third-order valence-electron chi connectivity index (χ3n) is 2.93. The highest BCUT2D eigenvalue weighted by Crippen LogP contribution is 2.33. The van der Waals surface area contributed by atoms with Gasteiger partial charge in [0.25, 0.3) is 0 Å². The van der Waals surface area contributed by atoms with Crippen molar-refractivity contribution in [2.75, 3.05) is 5.75 Å². The molecule has 0 saturated heterocycles. The van der Waals surface area contributed by atoms with Crippen LogP contribution in [0.5, 0.6) is 0 Å². The van der Waals surface area contributed by atoms with Crippen molar-refractivity contribution >= 4 is 28.1 Å². The van der Waals surface area contributed by atoms with Crippen LogP contribution in [0.25, 0.3) is 15.5 Å². The maximum atomic E-state index is 12.8. The highest BCUT2D eigenvalue weighted by Gasteiger charge is 2.30. The monoisotopic (exact) mass is 344 g/mol. The molecule has 1 aromatic carbocycles. The van der Waals surface area contributed by atoms with E-state index in [1.807, 2.05) is 6.92 Å². The second-order valence-corrected chi connectivity index (χ2v) is 6.66. The number of rotatable bonds is 4. The molecule has 0 bridgehead atoms. The molecule has 2 heterocycles. The minimum Gasteiger partial charge on any atom is -0.186 e. The fourth-order valence-corrected chi connectivity index (χ4v) is 3.31. The maximum Gasteiger partial charge on any atom is 0.416 e. The van der Waals surface area contributed by atoms with Gasteiger partial charge in [-0.1, -0.05) is 30.4 Å². The van der Waals surface area contributed by atoms with E-state index < -0.39 is 11.7 Å². The van der Waals surface area contributed by atoms with Gasteiger partial charge in [-0.05, 0) is 17.9 Å². The van der Waals surface area contributed by atoms with Crippen LogP contribution in [-0.2, 0) is 11.9 Å². The van der Waals surface area contributed by atoms with Crippen LogP contribution in [0.3, 0.4) is 0 Å². The quantitative estimate of drug-likeness (QED) is 0.714. The molecule has 2 aromatic heterocycles. The fraction of sp³-hybridized carbons (Fsp3) is 0.308. The molecule has 22 heavy (non-hydrogen) atoms. The number of alkyl halides is 3. The lowest BCUT2D eigenvalue weighted by Gasteiger charge is -2.06. The number of fused-ring (bicyclic) bond motifs is 1. The average molecular weight is 344 g/mol. The van der Waals surface area contributed by atoms with Crippen LogP contribution in [-0.4, -0.2) is 25.6 Å². The van der Waals surface area contributed by atoms with E-state index >= 15 is 0 Å². The van der Waals surface area contributed by atoms with Crippen molar-refractivity contribution in [2.45, 2.75) is 18.9 Å². The highest BCUT2D eigenvalue weighted by atomic mass is 32.2. The molecule has 0 unspecified atom stereocenters. The summed E-state index contributed by atoms with van der Waals surface area (Å²) in [5.41, 5.74) is -0.253. The van der Waals surface area contributed by atoms with Gasteiger partial charge in [0, 0.05) is 5.56 Å². The van der Waals surface area contributed by atoms with Crippen molar-refractivity contribution in [1.29, 1.82) is 0 Å². The van der Waals surface area contributed by atoms with Gasteiger partial charge in [0.2, 0.25) is 4.96 Å². The van der Waals surface area contributed by atoms with Crippen molar-refractivity contribution < 1.29 is 13.2 Å². The Labute approximate surface area is 132 Å². The molecular formula is C13H11F3N4S2. The number of halogens is 3. The van der Waals surface area contributed by atoms with Crippen LogP contribution in [0.15, 0.2) is 24.3 Å². The molecule has 9 heteroatoms. The normalized spacial score (nSPS) is 12.2. The van der Waals surface area contributed by atoms with Crippen molar-refractivity contribution in [3.05, 3.63) is 35.7 Å². The Kier molecular flexibility index (Phi) is 4.09. The number of hydrogen-bond donors (Lipinski definition) is 0. The molecule has 4 nitrogen and oxygen atoms in total. The zero-order valence-corrected chi connectivity index (χ0v) is 13.1. The number of thioether (sulfide) groups is 1. The Morgan fingerprint density at radius 1 is 1.27 bits per heavy atom. The van der Waals surface area contributed by atoms with Gasteiger partial charge >= 0.3 is 6.18 Å². The summed E-state index contributed by atoms with van der Waals surface area (Å²) in [6.07, 6.45) is -4.36. The van der Waals surface area contributed by atoms with Crippen molar-refractivity contribution in [2.24, 2.45) is 0 Å². The minimum atomic E-state index is -4.36. The molecule has 0 saturated carbocycles. The molecular weight excluding hydrogens is 333 g/mol. The van der Waals surface area contributed by atoms with Crippen LogP contribution in [0.1, 0.15) is 18.3 Å². The number of aromatic nitrogens is 4. The molecule has 3 aromatic rings. The van der Waals surface area contributed by atoms with E-state index in [1.165, 1.54) is 17.4 Å².